The summed E-state index contributed by atoms with van der Waals surface area (Å²) in [4.78, 5) is 4.80. The molecule has 0 aliphatic heterocycles. The molecule has 0 saturated carbocycles. The first kappa shape index (κ1) is 38.2. The highest BCUT2D eigenvalue weighted by Gasteiger charge is 2.23. The number of thiophene rings is 1. The lowest BCUT2D eigenvalue weighted by Crippen LogP contribution is -2.37. The van der Waals surface area contributed by atoms with Crippen LogP contribution < -0.4 is 15.0 Å². The predicted molar refractivity (Wildman–Crippen MR) is 279 cm³/mol. The van der Waals surface area contributed by atoms with E-state index in [1.54, 1.807) is 0 Å². The molecule has 5 heteroatoms. The fourth-order valence-corrected chi connectivity index (χ4v) is 12.1. The van der Waals surface area contributed by atoms with Gasteiger partial charge in [0.05, 0.1) is 13.8 Å². The zero-order chi connectivity index (χ0) is 42.9. The van der Waals surface area contributed by atoms with E-state index in [-0.39, 0.29) is 0 Å². The second kappa shape index (κ2) is 15.1. The number of para-hydroxylation sites is 3. The van der Waals surface area contributed by atoms with Crippen molar-refractivity contribution in [3.8, 4) is 11.1 Å². The van der Waals surface area contributed by atoms with E-state index in [1.165, 1.54) is 52.5 Å². The van der Waals surface area contributed by atoms with Crippen LogP contribution in [0.3, 0.4) is 0 Å². The van der Waals surface area contributed by atoms with Crippen LogP contribution in [0, 0.1) is 0 Å². The molecule has 0 spiro atoms. The summed E-state index contributed by atoms with van der Waals surface area (Å²) >= 11 is 1.90. The van der Waals surface area contributed by atoms with E-state index in [9.17, 15) is 0 Å². The summed E-state index contributed by atoms with van der Waals surface area (Å²) in [7, 11) is -1.45. The van der Waals surface area contributed by atoms with E-state index in [0.717, 1.165) is 61.6 Å². The van der Waals surface area contributed by atoms with Crippen LogP contribution in [0.2, 0.25) is 19.6 Å². The summed E-state index contributed by atoms with van der Waals surface area (Å²) in [6, 6.07) is 77.4. The van der Waals surface area contributed by atoms with Crippen LogP contribution in [0.4, 0.5) is 34.1 Å². The minimum absolute atomic E-state index is 0.868. The van der Waals surface area contributed by atoms with Gasteiger partial charge in [-0.05, 0) is 94.5 Å². The molecule has 12 aromatic rings. The van der Waals surface area contributed by atoms with E-state index in [4.69, 9.17) is 4.42 Å². The highest BCUT2D eigenvalue weighted by molar-refractivity contribution is 7.27. The number of hydrogen-bond acceptors (Lipinski definition) is 4. The quantitative estimate of drug-likeness (QED) is 0.112. The first-order chi connectivity index (χ1) is 31.4. The SMILES string of the molecule is C[Si](C)(C)c1ccc(N(c2ccccc2)c2ccc3c(c2)sc2c4ccc(N(c5ccc6c(c5)oc5ccccc56)c5ccccc5-c5ccccc5)cc4c4ccccc4c32)cc1. The second-order valence-corrected chi connectivity index (χ2v) is 23.9. The topological polar surface area (TPSA) is 19.6 Å². The van der Waals surface area contributed by atoms with Crippen molar-refractivity contribution in [2.75, 3.05) is 9.80 Å². The zero-order valence-electron chi connectivity index (χ0n) is 35.9. The molecule has 2 heterocycles. The minimum Gasteiger partial charge on any atom is -0.456 e. The molecule has 0 N–H and O–H groups in total. The second-order valence-electron chi connectivity index (χ2n) is 17.7. The third kappa shape index (κ3) is 6.38. The monoisotopic (exact) mass is 856 g/mol. The Morgan fingerprint density at radius 2 is 0.953 bits per heavy atom. The summed E-state index contributed by atoms with van der Waals surface area (Å²) < 4.78 is 9.07. The van der Waals surface area contributed by atoms with Crippen LogP contribution in [-0.2, 0) is 0 Å². The maximum Gasteiger partial charge on any atom is 0.137 e. The number of nitrogens with zero attached hydrogens (tertiary/aromatic N) is 2. The third-order valence-corrected chi connectivity index (χ3v) is 16.0. The lowest BCUT2D eigenvalue weighted by Gasteiger charge is -2.28. The van der Waals surface area contributed by atoms with Gasteiger partial charge in [-0.15, -0.1) is 11.3 Å². The fraction of sp³-hybridized carbons (Fsp3) is 0.0508. The van der Waals surface area contributed by atoms with Crippen molar-refractivity contribution in [1.29, 1.82) is 0 Å². The Hall–Kier alpha value is -7.44. The van der Waals surface area contributed by atoms with Crippen LogP contribution in [0.25, 0.3) is 74.8 Å². The van der Waals surface area contributed by atoms with Crippen LogP contribution in [0.1, 0.15) is 0 Å². The predicted octanol–water partition coefficient (Wildman–Crippen LogP) is 17.4. The van der Waals surface area contributed by atoms with Crippen molar-refractivity contribution in [3.05, 3.63) is 212 Å². The number of fused-ring (bicyclic) bond motifs is 11. The van der Waals surface area contributed by atoms with Crippen molar-refractivity contribution in [3.63, 3.8) is 0 Å². The molecular formula is C59H44N2OSSi. The highest BCUT2D eigenvalue weighted by atomic mass is 32.1. The molecule has 64 heavy (non-hydrogen) atoms. The van der Waals surface area contributed by atoms with Gasteiger partial charge in [0.2, 0.25) is 0 Å². The number of hydrogen-bond donors (Lipinski definition) is 0. The van der Waals surface area contributed by atoms with Gasteiger partial charge >= 0.3 is 0 Å². The number of benzene rings is 10. The normalized spacial score (nSPS) is 12.0. The molecule has 0 saturated heterocycles. The molecule has 0 unspecified atom stereocenters. The van der Waals surface area contributed by atoms with Gasteiger partial charge in [0.25, 0.3) is 0 Å². The van der Waals surface area contributed by atoms with E-state index < -0.39 is 8.07 Å². The van der Waals surface area contributed by atoms with Crippen LogP contribution in [0.5, 0.6) is 0 Å². The van der Waals surface area contributed by atoms with Crippen molar-refractivity contribution in [2.45, 2.75) is 19.6 Å². The average molecular weight is 857 g/mol. The molecule has 0 bridgehead atoms. The van der Waals surface area contributed by atoms with E-state index in [0.29, 0.717) is 0 Å². The molecule has 12 rings (SSSR count). The molecule has 10 aromatic carbocycles. The summed E-state index contributed by atoms with van der Waals surface area (Å²) in [5, 5.41) is 11.3. The van der Waals surface area contributed by atoms with Gasteiger partial charge in [-0.25, -0.2) is 0 Å². The van der Waals surface area contributed by atoms with Gasteiger partial charge in [0.15, 0.2) is 0 Å². The summed E-state index contributed by atoms with van der Waals surface area (Å²) in [5.74, 6) is 0. The molecule has 3 nitrogen and oxygen atoms in total. The standard InChI is InChI=1S/C59H44N2OSSi/c1-64(2,3)45-31-26-41(27-32-45)60(40-18-8-5-9-19-40)44-30-35-52-57(38-44)63-59-51-34-29-42(36-53(51)47-21-10-11-23-50(47)58(52)59)61(54-24-14-12-20-46(54)39-16-6-4-7-17-39)43-28-33-49-48-22-13-15-25-55(48)62-56(49)37-43/h4-38H,1-3H3. The maximum absolute atomic E-state index is 6.50. The lowest BCUT2D eigenvalue weighted by molar-refractivity contribution is 0.669. The third-order valence-electron chi connectivity index (χ3n) is 12.8. The van der Waals surface area contributed by atoms with Gasteiger partial charge < -0.3 is 14.2 Å². The first-order valence-electron chi connectivity index (χ1n) is 22.0. The van der Waals surface area contributed by atoms with E-state index in [2.05, 4.69) is 230 Å². The summed E-state index contributed by atoms with van der Waals surface area (Å²) in [6.07, 6.45) is 0. The molecule has 0 aliphatic rings. The fourth-order valence-electron chi connectivity index (χ4n) is 9.66. The summed E-state index contributed by atoms with van der Waals surface area (Å²) in [6.45, 7) is 7.22. The van der Waals surface area contributed by atoms with Gasteiger partial charge in [-0.1, -0.05) is 158 Å². The Labute approximate surface area is 377 Å². The maximum atomic E-state index is 6.50. The smallest absolute Gasteiger partial charge is 0.137 e. The first-order valence-corrected chi connectivity index (χ1v) is 26.3. The van der Waals surface area contributed by atoms with Crippen molar-refractivity contribution < 1.29 is 4.42 Å². The molecule has 0 aliphatic carbocycles. The summed E-state index contributed by atoms with van der Waals surface area (Å²) in [5.41, 5.74) is 10.8. The van der Waals surface area contributed by atoms with Crippen molar-refractivity contribution in [1.82, 2.24) is 0 Å². The molecule has 0 radical (unpaired) electrons. The average Bonchev–Trinajstić information content (AvgIpc) is 3.91. The Morgan fingerprint density at radius 1 is 0.391 bits per heavy atom. The Balaban J connectivity index is 1.06. The van der Waals surface area contributed by atoms with Crippen LogP contribution in [-0.4, -0.2) is 8.07 Å². The molecule has 306 valence electrons. The van der Waals surface area contributed by atoms with E-state index >= 15 is 0 Å². The number of anilines is 6. The lowest BCUT2D eigenvalue weighted by atomic mass is 9.96. The van der Waals surface area contributed by atoms with Gasteiger partial charge in [-0.2, -0.15) is 0 Å². The Kier molecular flexibility index (Phi) is 9.04. The Morgan fingerprint density at radius 3 is 1.72 bits per heavy atom. The van der Waals surface area contributed by atoms with E-state index in [1.807, 2.05) is 23.5 Å². The van der Waals surface area contributed by atoms with Gasteiger partial charge in [-0.3, -0.25) is 0 Å². The van der Waals surface area contributed by atoms with Crippen molar-refractivity contribution >= 4 is 122 Å². The van der Waals surface area contributed by atoms with Gasteiger partial charge in [0.1, 0.15) is 11.2 Å². The number of furan rings is 1. The molecule has 2 aromatic heterocycles. The molecule has 0 amide bonds. The highest BCUT2D eigenvalue weighted by Crippen LogP contribution is 2.49. The van der Waals surface area contributed by atoms with Crippen LogP contribution in [0.15, 0.2) is 217 Å². The minimum atomic E-state index is -1.45. The Bertz CT molecular complexity index is 3720. The van der Waals surface area contributed by atoms with Crippen molar-refractivity contribution in [2.24, 2.45) is 0 Å². The van der Waals surface area contributed by atoms with Crippen LogP contribution >= 0.6 is 11.3 Å². The zero-order valence-corrected chi connectivity index (χ0v) is 37.7. The molecule has 0 atom stereocenters. The number of rotatable bonds is 8. The molecule has 0 fully saturated rings. The van der Waals surface area contributed by atoms with Gasteiger partial charge in [0, 0.05) is 76.4 Å². The molecular weight excluding hydrogens is 813 g/mol. The largest absolute Gasteiger partial charge is 0.456 e.